The second-order valence-electron chi connectivity index (χ2n) is 4.68. The molecule has 2 rings (SSSR count). The number of hydrogen-bond acceptors (Lipinski definition) is 3. The monoisotopic (exact) mass is 249 g/mol. The highest BCUT2D eigenvalue weighted by molar-refractivity contribution is 7.14. The molecule has 0 radical (unpaired) electrons. The molecule has 0 atom stereocenters. The van der Waals surface area contributed by atoms with E-state index >= 15 is 0 Å². The Morgan fingerprint density at radius 3 is 2.59 bits per heavy atom. The van der Waals surface area contributed by atoms with E-state index in [9.17, 15) is 0 Å². The van der Waals surface area contributed by atoms with Gasteiger partial charge in [-0.25, -0.2) is 4.98 Å². The highest BCUT2D eigenvalue weighted by atomic mass is 32.1. The maximum absolute atomic E-state index is 4.63. The standard InChI is InChI=1S/C13H19N3S/c1-8(2)14-13-15-12(7-17-13)11-6-9(3)16(5)10(11)4/h6-8H,1-5H3,(H,14,15). The predicted molar refractivity (Wildman–Crippen MR) is 74.8 cm³/mol. The van der Waals surface area contributed by atoms with Crippen LogP contribution >= 0.6 is 11.3 Å². The van der Waals surface area contributed by atoms with Gasteiger partial charge >= 0.3 is 0 Å². The summed E-state index contributed by atoms with van der Waals surface area (Å²) in [5.41, 5.74) is 4.84. The Morgan fingerprint density at radius 1 is 1.35 bits per heavy atom. The molecule has 17 heavy (non-hydrogen) atoms. The number of hydrogen-bond donors (Lipinski definition) is 1. The molecule has 0 saturated carbocycles. The molecule has 3 nitrogen and oxygen atoms in total. The molecule has 0 unspecified atom stereocenters. The van der Waals surface area contributed by atoms with Crippen LogP contribution in [0, 0.1) is 13.8 Å². The molecule has 0 fully saturated rings. The first-order valence-corrected chi connectivity index (χ1v) is 6.72. The molecule has 0 aliphatic carbocycles. The van der Waals surface area contributed by atoms with Crippen LogP contribution in [-0.4, -0.2) is 15.6 Å². The number of nitrogens with zero attached hydrogens (tertiary/aromatic N) is 2. The summed E-state index contributed by atoms with van der Waals surface area (Å²) in [4.78, 5) is 4.63. The van der Waals surface area contributed by atoms with Crippen LogP contribution in [0.15, 0.2) is 11.4 Å². The zero-order valence-electron chi connectivity index (χ0n) is 11.0. The van der Waals surface area contributed by atoms with Gasteiger partial charge in [0.15, 0.2) is 5.13 Å². The molecule has 0 saturated heterocycles. The van der Waals surface area contributed by atoms with Crippen LogP contribution in [-0.2, 0) is 7.05 Å². The van der Waals surface area contributed by atoms with Gasteiger partial charge in [-0.1, -0.05) is 0 Å². The van der Waals surface area contributed by atoms with Crippen molar-refractivity contribution >= 4 is 16.5 Å². The topological polar surface area (TPSA) is 29.9 Å². The maximum Gasteiger partial charge on any atom is 0.183 e. The van der Waals surface area contributed by atoms with Crippen molar-refractivity contribution in [3.63, 3.8) is 0 Å². The Hall–Kier alpha value is -1.29. The van der Waals surface area contributed by atoms with Gasteiger partial charge in [0.05, 0.1) is 5.69 Å². The fraction of sp³-hybridized carbons (Fsp3) is 0.462. The Balaban J connectivity index is 2.33. The van der Waals surface area contributed by atoms with Gasteiger partial charge in [0, 0.05) is 35.4 Å². The predicted octanol–water partition coefficient (Wildman–Crippen LogP) is 3.59. The Kier molecular flexibility index (Phi) is 3.24. The molecule has 0 spiro atoms. The minimum absolute atomic E-state index is 0.424. The number of nitrogens with one attached hydrogen (secondary N) is 1. The molecule has 0 aliphatic heterocycles. The van der Waals surface area contributed by atoms with E-state index in [4.69, 9.17) is 0 Å². The van der Waals surface area contributed by atoms with Gasteiger partial charge in [-0.05, 0) is 33.8 Å². The molecule has 1 N–H and O–H groups in total. The summed E-state index contributed by atoms with van der Waals surface area (Å²) < 4.78 is 2.20. The smallest absolute Gasteiger partial charge is 0.183 e. The molecule has 0 amide bonds. The van der Waals surface area contributed by atoms with Crippen molar-refractivity contribution < 1.29 is 0 Å². The third-order valence-corrected chi connectivity index (χ3v) is 3.74. The Labute approximate surface area is 107 Å². The normalized spacial score (nSPS) is 11.2. The van der Waals surface area contributed by atoms with Crippen molar-refractivity contribution in [3.05, 3.63) is 22.8 Å². The van der Waals surface area contributed by atoms with Gasteiger partial charge in [-0.3, -0.25) is 0 Å². The summed E-state index contributed by atoms with van der Waals surface area (Å²) in [6, 6.07) is 2.62. The van der Waals surface area contributed by atoms with E-state index in [-0.39, 0.29) is 0 Å². The SMILES string of the molecule is Cc1cc(-c2csc(NC(C)C)n2)c(C)n1C. The first kappa shape index (κ1) is 12.2. The highest BCUT2D eigenvalue weighted by Gasteiger charge is 2.11. The van der Waals surface area contributed by atoms with Crippen LogP contribution in [0.3, 0.4) is 0 Å². The lowest BCUT2D eigenvalue weighted by Crippen LogP contribution is -2.08. The second-order valence-corrected chi connectivity index (χ2v) is 5.54. The summed E-state index contributed by atoms with van der Waals surface area (Å²) in [7, 11) is 2.09. The van der Waals surface area contributed by atoms with E-state index in [1.807, 2.05) is 0 Å². The van der Waals surface area contributed by atoms with Crippen molar-refractivity contribution in [1.82, 2.24) is 9.55 Å². The third-order valence-electron chi connectivity index (χ3n) is 2.97. The first-order valence-electron chi connectivity index (χ1n) is 5.84. The van der Waals surface area contributed by atoms with Gasteiger partial charge in [0.2, 0.25) is 0 Å². The molecule has 0 bridgehead atoms. The summed E-state index contributed by atoms with van der Waals surface area (Å²) in [6.07, 6.45) is 0. The first-order chi connectivity index (χ1) is 7.99. The second kappa shape index (κ2) is 4.53. The van der Waals surface area contributed by atoms with E-state index in [1.165, 1.54) is 17.0 Å². The molecule has 2 aromatic heterocycles. The molecule has 4 heteroatoms. The van der Waals surface area contributed by atoms with E-state index in [0.29, 0.717) is 6.04 Å². The summed E-state index contributed by atoms with van der Waals surface area (Å²) in [5, 5.41) is 6.45. The van der Waals surface area contributed by atoms with Crippen molar-refractivity contribution in [1.29, 1.82) is 0 Å². The average molecular weight is 249 g/mol. The zero-order chi connectivity index (χ0) is 12.6. The maximum atomic E-state index is 4.63. The highest BCUT2D eigenvalue weighted by Crippen LogP contribution is 2.29. The molecule has 92 valence electrons. The van der Waals surface area contributed by atoms with Crippen molar-refractivity contribution in [2.45, 2.75) is 33.7 Å². The Morgan fingerprint density at radius 2 is 2.06 bits per heavy atom. The van der Waals surface area contributed by atoms with Crippen LogP contribution in [0.5, 0.6) is 0 Å². The Bertz CT molecular complexity index is 523. The molecule has 0 aromatic carbocycles. The molecule has 2 heterocycles. The summed E-state index contributed by atoms with van der Waals surface area (Å²) in [5.74, 6) is 0. The number of rotatable bonds is 3. The van der Waals surface area contributed by atoms with Crippen molar-refractivity contribution in [3.8, 4) is 11.3 Å². The van der Waals surface area contributed by atoms with E-state index in [0.717, 1.165) is 10.8 Å². The largest absolute Gasteiger partial charge is 0.359 e. The van der Waals surface area contributed by atoms with Gasteiger partial charge in [0.1, 0.15) is 0 Å². The van der Waals surface area contributed by atoms with Gasteiger partial charge in [-0.15, -0.1) is 11.3 Å². The van der Waals surface area contributed by atoms with Gasteiger partial charge in [0.25, 0.3) is 0 Å². The number of thiazole rings is 1. The number of anilines is 1. The van der Waals surface area contributed by atoms with E-state index in [2.05, 4.69) is 61.1 Å². The van der Waals surface area contributed by atoms with Crippen LogP contribution < -0.4 is 5.32 Å². The lowest BCUT2D eigenvalue weighted by molar-refractivity contribution is 0.845. The molecular formula is C13H19N3S. The van der Waals surface area contributed by atoms with Crippen LogP contribution in [0.2, 0.25) is 0 Å². The quantitative estimate of drug-likeness (QED) is 0.901. The van der Waals surface area contributed by atoms with Crippen LogP contribution in [0.25, 0.3) is 11.3 Å². The van der Waals surface area contributed by atoms with E-state index < -0.39 is 0 Å². The van der Waals surface area contributed by atoms with E-state index in [1.54, 1.807) is 11.3 Å². The van der Waals surface area contributed by atoms with Crippen LogP contribution in [0.1, 0.15) is 25.2 Å². The molecule has 2 aromatic rings. The zero-order valence-corrected chi connectivity index (χ0v) is 11.9. The van der Waals surface area contributed by atoms with Crippen LogP contribution in [0.4, 0.5) is 5.13 Å². The molecule has 0 aliphatic rings. The fourth-order valence-electron chi connectivity index (χ4n) is 1.83. The summed E-state index contributed by atoms with van der Waals surface area (Å²) >= 11 is 1.67. The minimum Gasteiger partial charge on any atom is -0.359 e. The average Bonchev–Trinajstić information content (AvgIpc) is 2.78. The lowest BCUT2D eigenvalue weighted by atomic mass is 10.2. The lowest BCUT2D eigenvalue weighted by Gasteiger charge is -2.04. The molecular weight excluding hydrogens is 230 g/mol. The summed E-state index contributed by atoms with van der Waals surface area (Å²) in [6.45, 7) is 8.51. The minimum atomic E-state index is 0.424. The number of aryl methyl sites for hydroxylation is 1. The van der Waals surface area contributed by atoms with Crippen molar-refractivity contribution in [2.24, 2.45) is 7.05 Å². The van der Waals surface area contributed by atoms with Crippen molar-refractivity contribution in [2.75, 3.05) is 5.32 Å². The third kappa shape index (κ3) is 2.36. The van der Waals surface area contributed by atoms with Gasteiger partial charge in [-0.2, -0.15) is 0 Å². The number of aromatic nitrogens is 2. The fourth-order valence-corrected chi connectivity index (χ4v) is 2.68. The van der Waals surface area contributed by atoms with Gasteiger partial charge < -0.3 is 9.88 Å².